The van der Waals surface area contributed by atoms with Gasteiger partial charge in [0.2, 0.25) is 0 Å². The molecule has 0 spiro atoms. The Bertz CT molecular complexity index is 3150. The fourth-order valence-electron chi connectivity index (χ4n) is 7.70. The number of benzene rings is 6. The Kier molecular flexibility index (Phi) is 15.1. The van der Waals surface area contributed by atoms with Crippen LogP contribution in [0.1, 0.15) is 77.4 Å². The molecule has 2 atom stereocenters. The third kappa shape index (κ3) is 13.1. The van der Waals surface area contributed by atoms with Crippen molar-refractivity contribution >= 4 is 21.8 Å². The molecular weight excluding hydrogens is 865 g/mol. The first-order valence-electron chi connectivity index (χ1n) is 23.0. The molecule has 0 radical (unpaired) electrons. The molecule has 4 heterocycles. The Morgan fingerprint density at radius 2 is 0.986 bits per heavy atom. The van der Waals surface area contributed by atoms with Crippen LogP contribution in [0.5, 0.6) is 23.0 Å². The summed E-state index contributed by atoms with van der Waals surface area (Å²) in [6.45, 7) is 6.14. The zero-order valence-electron chi connectivity index (χ0n) is 38.5. The van der Waals surface area contributed by atoms with E-state index in [2.05, 4.69) is 114 Å². The monoisotopic (exact) mass is 916 g/mol. The van der Waals surface area contributed by atoms with E-state index in [9.17, 15) is 0 Å². The third-order valence-corrected chi connectivity index (χ3v) is 11.7. The van der Waals surface area contributed by atoms with Gasteiger partial charge in [0.25, 0.3) is 0 Å². The summed E-state index contributed by atoms with van der Waals surface area (Å²) >= 11 is 0. The summed E-state index contributed by atoms with van der Waals surface area (Å²) in [5, 5.41) is 30.6. The largest absolute Gasteiger partial charge is 0.489 e. The minimum atomic E-state index is 0.251. The number of hydrogen-bond acceptors (Lipinski definition) is 12. The lowest BCUT2D eigenvalue weighted by Crippen LogP contribution is -2.02. The molecule has 0 saturated carbocycles. The number of para-hydroxylation sites is 2. The minimum absolute atomic E-state index is 0.251. The molecule has 346 valence electrons. The number of aromatic amines is 2. The maximum absolute atomic E-state index is 6.07. The average molecular weight is 917 g/mol. The molecule has 10 rings (SSSR count). The lowest BCUT2D eigenvalue weighted by Gasteiger charge is -2.13. The van der Waals surface area contributed by atoms with Gasteiger partial charge in [-0.15, -0.1) is 20.4 Å². The van der Waals surface area contributed by atoms with Crippen LogP contribution in [0.15, 0.2) is 170 Å². The van der Waals surface area contributed by atoms with Crippen molar-refractivity contribution in [2.24, 2.45) is 0 Å². The number of pyridine rings is 2. The van der Waals surface area contributed by atoms with Gasteiger partial charge in [0.1, 0.15) is 49.4 Å². The fraction of sp³-hybridized carbons (Fsp3) is 0.200. The highest BCUT2D eigenvalue weighted by Crippen LogP contribution is 2.26. The SMILES string of the molecule is CC(CCc1nn[nH]n1)c1ccc(OCc2ccc(OCc3ccc4ccccc4n3)cc2)cc1.CC(Cc1nn[nH]n1)c1cccc(OCc2cccc(OCc3ccc4ccccc4n3)c2)c1. The summed E-state index contributed by atoms with van der Waals surface area (Å²) in [5.41, 5.74) is 8.31. The fourth-order valence-corrected chi connectivity index (χ4v) is 7.70. The van der Waals surface area contributed by atoms with E-state index in [4.69, 9.17) is 18.9 Å². The predicted molar refractivity (Wildman–Crippen MR) is 264 cm³/mol. The van der Waals surface area contributed by atoms with Gasteiger partial charge in [0.15, 0.2) is 11.6 Å². The van der Waals surface area contributed by atoms with Crippen molar-refractivity contribution in [3.63, 3.8) is 0 Å². The summed E-state index contributed by atoms with van der Waals surface area (Å²) in [7, 11) is 0. The number of H-pyrrole nitrogens is 2. The van der Waals surface area contributed by atoms with Crippen molar-refractivity contribution < 1.29 is 18.9 Å². The predicted octanol–water partition coefficient (Wildman–Crippen LogP) is 10.9. The standard InChI is InChI=1S/C28H27N5O2.C27H25N5O2/c1-20(6-17-28-30-32-33-31-28)22-10-15-26(16-11-22)34-18-21-7-13-25(14-8-21)35-19-24-12-9-23-4-2-3-5-27(23)29-24;1-19(14-27-29-31-32-30-27)22-8-5-10-25(16-22)33-17-20-6-4-9-24(15-20)34-18-23-13-12-21-7-2-3-11-26(21)28-23/h2-5,7-16,20H,6,17-19H2,1H3,(H,30,31,32,33);2-13,15-16,19H,14,17-18H2,1H3,(H,29,30,31,32). The van der Waals surface area contributed by atoms with Crippen LogP contribution in [-0.2, 0) is 39.3 Å². The van der Waals surface area contributed by atoms with E-state index in [-0.39, 0.29) is 5.92 Å². The second-order valence-corrected chi connectivity index (χ2v) is 16.8. The number of ether oxygens (including phenoxy) is 4. The lowest BCUT2D eigenvalue weighted by atomic mass is 9.96. The van der Waals surface area contributed by atoms with Crippen LogP contribution in [0.25, 0.3) is 21.8 Å². The van der Waals surface area contributed by atoms with Crippen LogP contribution in [0.4, 0.5) is 0 Å². The molecule has 2 unspecified atom stereocenters. The molecule has 14 nitrogen and oxygen atoms in total. The van der Waals surface area contributed by atoms with E-state index >= 15 is 0 Å². The minimum Gasteiger partial charge on any atom is -0.489 e. The Hall–Kier alpha value is -8.52. The molecule has 0 amide bonds. The number of aromatic nitrogens is 10. The first-order valence-corrected chi connectivity index (χ1v) is 23.0. The zero-order chi connectivity index (χ0) is 47.0. The molecule has 14 heteroatoms. The van der Waals surface area contributed by atoms with Gasteiger partial charge in [-0.1, -0.05) is 121 Å². The topological polar surface area (TPSA) is 172 Å². The number of rotatable bonds is 19. The van der Waals surface area contributed by atoms with E-state index in [1.807, 2.05) is 121 Å². The third-order valence-electron chi connectivity index (χ3n) is 11.7. The highest BCUT2D eigenvalue weighted by molar-refractivity contribution is 5.79. The van der Waals surface area contributed by atoms with Crippen molar-refractivity contribution in [1.82, 2.24) is 51.2 Å². The maximum atomic E-state index is 6.07. The molecule has 6 aromatic carbocycles. The molecule has 0 aliphatic rings. The second kappa shape index (κ2) is 22.8. The Morgan fingerprint density at radius 3 is 1.64 bits per heavy atom. The first kappa shape index (κ1) is 45.6. The van der Waals surface area contributed by atoms with Crippen LogP contribution in [0, 0.1) is 0 Å². The summed E-state index contributed by atoms with van der Waals surface area (Å²) in [5.74, 6) is 5.38. The second-order valence-electron chi connectivity index (χ2n) is 16.8. The van der Waals surface area contributed by atoms with Gasteiger partial charge >= 0.3 is 0 Å². The quantitative estimate of drug-likeness (QED) is 0.0787. The molecule has 0 aliphatic heterocycles. The maximum Gasteiger partial charge on any atom is 0.175 e. The van der Waals surface area contributed by atoms with Crippen molar-refractivity contribution in [2.75, 3.05) is 0 Å². The Labute approximate surface area is 400 Å². The van der Waals surface area contributed by atoms with Gasteiger partial charge in [-0.05, 0) is 113 Å². The number of tetrazole rings is 2. The Morgan fingerprint density at radius 1 is 0.435 bits per heavy atom. The molecule has 0 bridgehead atoms. The number of nitrogens with zero attached hydrogens (tertiary/aromatic N) is 8. The summed E-state index contributed by atoms with van der Waals surface area (Å²) in [6.07, 6.45) is 2.48. The molecule has 4 aromatic heterocycles. The zero-order valence-corrected chi connectivity index (χ0v) is 38.5. The van der Waals surface area contributed by atoms with Crippen molar-refractivity contribution in [3.8, 4) is 23.0 Å². The average Bonchev–Trinajstić information content (AvgIpc) is 4.14. The van der Waals surface area contributed by atoms with Crippen molar-refractivity contribution in [2.45, 2.75) is 71.4 Å². The molecular formula is C55H52N10O4. The highest BCUT2D eigenvalue weighted by atomic mass is 16.5. The molecule has 0 aliphatic carbocycles. The van der Waals surface area contributed by atoms with Gasteiger partial charge in [-0.3, -0.25) is 0 Å². The normalized spacial score (nSPS) is 11.9. The lowest BCUT2D eigenvalue weighted by molar-refractivity contribution is 0.293. The first-order chi connectivity index (χ1) is 34.0. The molecule has 69 heavy (non-hydrogen) atoms. The Balaban J connectivity index is 0.000000172. The molecule has 0 fully saturated rings. The van der Waals surface area contributed by atoms with Gasteiger partial charge in [0, 0.05) is 23.6 Å². The summed E-state index contributed by atoms with van der Waals surface area (Å²) < 4.78 is 24.0. The van der Waals surface area contributed by atoms with Crippen LogP contribution in [0.3, 0.4) is 0 Å². The van der Waals surface area contributed by atoms with Gasteiger partial charge in [-0.2, -0.15) is 10.4 Å². The van der Waals surface area contributed by atoms with E-state index in [1.54, 1.807) is 0 Å². The number of fused-ring (bicyclic) bond motifs is 2. The molecule has 2 N–H and O–H groups in total. The number of hydrogen-bond donors (Lipinski definition) is 2. The van der Waals surface area contributed by atoms with E-state index in [0.717, 1.165) is 86.0 Å². The smallest absolute Gasteiger partial charge is 0.175 e. The summed E-state index contributed by atoms with van der Waals surface area (Å²) in [6, 6.07) is 56.7. The van der Waals surface area contributed by atoms with E-state index in [0.29, 0.717) is 44.6 Å². The van der Waals surface area contributed by atoms with E-state index < -0.39 is 0 Å². The van der Waals surface area contributed by atoms with Crippen LogP contribution in [-0.4, -0.2) is 51.2 Å². The van der Waals surface area contributed by atoms with E-state index in [1.165, 1.54) is 11.1 Å². The van der Waals surface area contributed by atoms with Crippen LogP contribution in [0.2, 0.25) is 0 Å². The highest BCUT2D eigenvalue weighted by Gasteiger charge is 2.12. The number of nitrogens with one attached hydrogen (secondary N) is 2. The van der Waals surface area contributed by atoms with Crippen LogP contribution < -0.4 is 18.9 Å². The number of aryl methyl sites for hydroxylation is 1. The van der Waals surface area contributed by atoms with Crippen molar-refractivity contribution in [3.05, 3.63) is 215 Å². The molecule has 0 saturated heterocycles. The summed E-state index contributed by atoms with van der Waals surface area (Å²) in [4.78, 5) is 9.33. The van der Waals surface area contributed by atoms with Crippen LogP contribution >= 0.6 is 0 Å². The van der Waals surface area contributed by atoms with Crippen molar-refractivity contribution in [1.29, 1.82) is 0 Å². The van der Waals surface area contributed by atoms with Gasteiger partial charge in [0.05, 0.1) is 22.4 Å². The van der Waals surface area contributed by atoms with Gasteiger partial charge < -0.3 is 18.9 Å². The van der Waals surface area contributed by atoms with Gasteiger partial charge in [-0.25, -0.2) is 9.97 Å². The molecule has 10 aromatic rings.